The molecular formula is C16H15Cl2NO3. The Hall–Kier alpha value is -1.78. The number of benzene rings is 1. The van der Waals surface area contributed by atoms with Crippen molar-refractivity contribution in [3.05, 3.63) is 60.2 Å². The Balaban J connectivity index is 2.41. The van der Waals surface area contributed by atoms with Crippen LogP contribution in [0.2, 0.25) is 0 Å². The Bertz CT molecular complexity index is 626. The smallest absolute Gasteiger partial charge is 0.405 e. The molecule has 0 spiro atoms. The second-order valence-corrected chi connectivity index (χ2v) is 6.31. The van der Waals surface area contributed by atoms with Crippen molar-refractivity contribution in [1.82, 2.24) is 5.32 Å². The Morgan fingerprint density at radius 2 is 1.91 bits per heavy atom. The fraction of sp³-hybridized carbons (Fsp3) is 0.250. The molecule has 0 saturated carbocycles. The van der Waals surface area contributed by atoms with Gasteiger partial charge in [-0.15, -0.1) is 0 Å². The normalized spacial score (nSPS) is 20.6. The molecule has 22 heavy (non-hydrogen) atoms. The summed E-state index contributed by atoms with van der Waals surface area (Å²) in [5, 5.41) is 10.7. The molecule has 0 aromatic heterocycles. The minimum atomic E-state index is -1.79. The van der Waals surface area contributed by atoms with Crippen LogP contribution >= 0.6 is 23.2 Å². The number of hydrogen-bond acceptors (Lipinski definition) is 2. The van der Waals surface area contributed by atoms with Crippen LogP contribution < -0.4 is 5.32 Å². The van der Waals surface area contributed by atoms with Gasteiger partial charge in [-0.3, -0.25) is 4.79 Å². The van der Waals surface area contributed by atoms with Crippen LogP contribution in [0.25, 0.3) is 0 Å². The van der Waals surface area contributed by atoms with Gasteiger partial charge in [0, 0.05) is 0 Å². The van der Waals surface area contributed by atoms with Crippen LogP contribution in [-0.4, -0.2) is 27.9 Å². The lowest BCUT2D eigenvalue weighted by Crippen LogP contribution is -2.51. The van der Waals surface area contributed by atoms with E-state index in [0.717, 1.165) is 5.56 Å². The van der Waals surface area contributed by atoms with Gasteiger partial charge in [0.2, 0.25) is 0 Å². The second kappa shape index (κ2) is 6.55. The first kappa shape index (κ1) is 16.6. The van der Waals surface area contributed by atoms with E-state index in [-0.39, 0.29) is 0 Å². The van der Waals surface area contributed by atoms with E-state index in [1.165, 1.54) is 0 Å². The number of halogens is 2. The average Bonchev–Trinajstić information content (AvgIpc) is 2.53. The third kappa shape index (κ3) is 3.03. The van der Waals surface area contributed by atoms with Gasteiger partial charge in [0.1, 0.15) is 0 Å². The lowest BCUT2D eigenvalue weighted by molar-refractivity contribution is -0.119. The molecule has 0 bridgehead atoms. The summed E-state index contributed by atoms with van der Waals surface area (Å²) in [4.78, 5) is 23.0. The maximum atomic E-state index is 12.4. The first-order valence-corrected chi connectivity index (χ1v) is 7.43. The van der Waals surface area contributed by atoms with Crippen LogP contribution in [0.5, 0.6) is 0 Å². The summed E-state index contributed by atoms with van der Waals surface area (Å²) < 4.78 is -1.79. The lowest BCUT2D eigenvalue weighted by atomic mass is 9.71. The SMILES string of the molecule is O=C(O)NCC(=O)C(Cl)(Cl)[C@@]1(c2ccccc2)C=CC=CC1. The molecule has 1 aromatic rings. The summed E-state index contributed by atoms with van der Waals surface area (Å²) in [5.74, 6) is -0.595. The molecule has 0 radical (unpaired) electrons. The molecule has 1 aliphatic rings. The van der Waals surface area contributed by atoms with E-state index in [1.54, 1.807) is 12.2 Å². The number of carbonyl (C=O) groups excluding carboxylic acids is 1. The first-order chi connectivity index (χ1) is 10.4. The minimum Gasteiger partial charge on any atom is -0.465 e. The van der Waals surface area contributed by atoms with Crippen molar-refractivity contribution in [2.75, 3.05) is 6.54 Å². The maximum Gasteiger partial charge on any atom is 0.405 e. The molecule has 4 nitrogen and oxygen atoms in total. The maximum absolute atomic E-state index is 12.4. The van der Waals surface area contributed by atoms with Crippen LogP contribution in [-0.2, 0) is 10.2 Å². The van der Waals surface area contributed by atoms with Crippen LogP contribution in [0, 0.1) is 0 Å². The molecule has 0 fully saturated rings. The Morgan fingerprint density at radius 3 is 2.45 bits per heavy atom. The quantitative estimate of drug-likeness (QED) is 0.807. The highest BCUT2D eigenvalue weighted by atomic mass is 35.5. The molecule has 0 heterocycles. The van der Waals surface area contributed by atoms with E-state index in [2.05, 4.69) is 0 Å². The van der Waals surface area contributed by atoms with Gasteiger partial charge in [0.05, 0.1) is 12.0 Å². The fourth-order valence-electron chi connectivity index (χ4n) is 2.50. The molecule has 116 valence electrons. The molecular weight excluding hydrogens is 325 g/mol. The van der Waals surface area contributed by atoms with Gasteiger partial charge in [-0.25, -0.2) is 4.79 Å². The number of Topliss-reactive ketones (excluding diaryl/α,β-unsaturated/α-hetero) is 1. The highest BCUT2D eigenvalue weighted by Crippen LogP contribution is 2.49. The van der Waals surface area contributed by atoms with Gasteiger partial charge in [0.15, 0.2) is 10.1 Å². The molecule has 6 heteroatoms. The zero-order valence-electron chi connectivity index (χ0n) is 11.6. The van der Waals surface area contributed by atoms with E-state index >= 15 is 0 Å². The zero-order chi connectivity index (χ0) is 16.2. The molecule has 0 aliphatic heterocycles. The summed E-state index contributed by atoms with van der Waals surface area (Å²) in [6, 6.07) is 9.24. The van der Waals surface area contributed by atoms with Crippen molar-refractivity contribution in [3.63, 3.8) is 0 Å². The van der Waals surface area contributed by atoms with Crippen molar-refractivity contribution in [3.8, 4) is 0 Å². The van der Waals surface area contributed by atoms with Crippen LogP contribution in [0.3, 0.4) is 0 Å². The number of amides is 1. The summed E-state index contributed by atoms with van der Waals surface area (Å²) in [5.41, 5.74) is -0.145. The monoisotopic (exact) mass is 339 g/mol. The topological polar surface area (TPSA) is 66.4 Å². The van der Waals surface area contributed by atoms with Crippen LogP contribution in [0.15, 0.2) is 54.6 Å². The van der Waals surface area contributed by atoms with Gasteiger partial charge in [-0.05, 0) is 12.0 Å². The predicted octanol–water partition coefficient (Wildman–Crippen LogP) is 3.45. The second-order valence-electron chi connectivity index (χ2n) is 4.99. The molecule has 0 saturated heterocycles. The molecule has 1 aromatic carbocycles. The van der Waals surface area contributed by atoms with E-state index in [1.807, 2.05) is 47.8 Å². The van der Waals surface area contributed by atoms with Crippen molar-refractivity contribution >= 4 is 35.1 Å². The molecule has 2 rings (SSSR count). The van der Waals surface area contributed by atoms with Gasteiger partial charge in [-0.2, -0.15) is 0 Å². The van der Waals surface area contributed by atoms with Crippen LogP contribution in [0.4, 0.5) is 4.79 Å². The summed E-state index contributed by atoms with van der Waals surface area (Å²) in [6.45, 7) is -0.450. The lowest BCUT2D eigenvalue weighted by Gasteiger charge is -2.41. The first-order valence-electron chi connectivity index (χ1n) is 6.68. The van der Waals surface area contributed by atoms with Gasteiger partial charge >= 0.3 is 6.09 Å². The van der Waals surface area contributed by atoms with Gasteiger partial charge in [0.25, 0.3) is 0 Å². The third-order valence-corrected chi connectivity index (χ3v) is 4.76. The highest BCUT2D eigenvalue weighted by molar-refractivity contribution is 6.59. The number of alkyl halides is 2. The Morgan fingerprint density at radius 1 is 1.23 bits per heavy atom. The standard InChI is InChI=1S/C16H15Cl2NO3/c17-16(18,13(20)11-19-14(21)22)15(9-5-2-6-10-15)12-7-3-1-4-8-12/h1-9,19H,10-11H2,(H,21,22)/t15-/m0/s1. The van der Waals surface area contributed by atoms with E-state index in [9.17, 15) is 9.59 Å². The summed E-state index contributed by atoms with van der Waals surface area (Å²) in [6.07, 6.45) is 6.45. The Kier molecular flexibility index (Phi) is 4.94. The number of carboxylic acid groups (broad SMARTS) is 1. The van der Waals surface area contributed by atoms with E-state index in [0.29, 0.717) is 6.42 Å². The molecule has 1 amide bonds. The van der Waals surface area contributed by atoms with Gasteiger partial charge in [-0.1, -0.05) is 77.8 Å². The van der Waals surface area contributed by atoms with Crippen molar-refractivity contribution in [1.29, 1.82) is 0 Å². The molecule has 1 atom stereocenters. The molecule has 1 aliphatic carbocycles. The zero-order valence-corrected chi connectivity index (χ0v) is 13.1. The molecule has 2 N–H and O–H groups in total. The summed E-state index contributed by atoms with van der Waals surface area (Å²) >= 11 is 12.9. The number of allylic oxidation sites excluding steroid dienone is 4. The van der Waals surface area contributed by atoms with E-state index in [4.69, 9.17) is 28.3 Å². The highest BCUT2D eigenvalue weighted by Gasteiger charge is 2.53. The fourth-order valence-corrected chi connectivity index (χ4v) is 3.13. The van der Waals surface area contributed by atoms with Crippen LogP contribution in [0.1, 0.15) is 12.0 Å². The largest absolute Gasteiger partial charge is 0.465 e. The number of hydrogen-bond donors (Lipinski definition) is 2. The van der Waals surface area contributed by atoms with Crippen molar-refractivity contribution < 1.29 is 14.7 Å². The average molecular weight is 340 g/mol. The number of ketones is 1. The molecule has 0 unspecified atom stereocenters. The number of rotatable bonds is 5. The summed E-state index contributed by atoms with van der Waals surface area (Å²) in [7, 11) is 0. The predicted molar refractivity (Wildman–Crippen MR) is 86.5 cm³/mol. The van der Waals surface area contributed by atoms with E-state index < -0.39 is 28.2 Å². The Labute approximate surface area is 138 Å². The number of carbonyl (C=O) groups is 2. The minimum absolute atomic E-state index is 0.444. The van der Waals surface area contributed by atoms with Crippen molar-refractivity contribution in [2.45, 2.75) is 16.2 Å². The number of nitrogens with one attached hydrogen (secondary N) is 1. The van der Waals surface area contributed by atoms with Crippen molar-refractivity contribution in [2.24, 2.45) is 0 Å². The third-order valence-electron chi connectivity index (χ3n) is 3.67. The van der Waals surface area contributed by atoms with Gasteiger partial charge < -0.3 is 10.4 Å².